The van der Waals surface area contributed by atoms with Gasteiger partial charge in [-0.05, 0) is 50.0 Å². The number of halogens is 2. The largest absolute Gasteiger partial charge is 0.383 e. The van der Waals surface area contributed by atoms with E-state index in [1.54, 1.807) is 0 Å². The third kappa shape index (κ3) is 7.81. The van der Waals surface area contributed by atoms with Crippen molar-refractivity contribution in [1.82, 2.24) is 4.90 Å². The van der Waals surface area contributed by atoms with Crippen LogP contribution in [0.5, 0.6) is 0 Å². The van der Waals surface area contributed by atoms with E-state index in [-0.39, 0.29) is 37.3 Å². The van der Waals surface area contributed by atoms with Gasteiger partial charge in [-0.15, -0.1) is 24.8 Å². The minimum atomic E-state index is -0.635. The molecular formula is C17H29Cl2N3O2. The Labute approximate surface area is 157 Å². The minimum Gasteiger partial charge on any atom is -0.383 e. The summed E-state index contributed by atoms with van der Waals surface area (Å²) in [6, 6.07) is 7.37. The number of carbonyl (C=O) groups is 1. The fourth-order valence-electron chi connectivity index (χ4n) is 2.72. The van der Waals surface area contributed by atoms with Gasteiger partial charge in [0.1, 0.15) is 6.04 Å². The number of piperidine rings is 1. The Bertz CT molecular complexity index is 465. The van der Waals surface area contributed by atoms with Crippen molar-refractivity contribution in [3.05, 3.63) is 29.8 Å². The van der Waals surface area contributed by atoms with Crippen LogP contribution in [-0.2, 0) is 16.0 Å². The zero-order valence-corrected chi connectivity index (χ0v) is 15.8. The number of hydrogen-bond donors (Lipinski definition) is 2. The third-order valence-corrected chi connectivity index (χ3v) is 4.07. The fourth-order valence-corrected chi connectivity index (χ4v) is 2.72. The summed E-state index contributed by atoms with van der Waals surface area (Å²) in [6.07, 6.45) is 5.08. The van der Waals surface area contributed by atoms with Crippen molar-refractivity contribution in [2.24, 2.45) is 5.73 Å². The first kappa shape index (κ1) is 23.1. The highest BCUT2D eigenvalue weighted by Crippen LogP contribution is 2.13. The van der Waals surface area contributed by atoms with Crippen LogP contribution >= 0.6 is 24.8 Å². The topological polar surface area (TPSA) is 67.6 Å². The Kier molecular flexibility index (Phi) is 12.1. The van der Waals surface area contributed by atoms with E-state index in [9.17, 15) is 4.79 Å². The van der Waals surface area contributed by atoms with Gasteiger partial charge in [-0.25, -0.2) is 0 Å². The van der Waals surface area contributed by atoms with Crippen molar-refractivity contribution in [2.75, 3.05) is 38.7 Å². The summed E-state index contributed by atoms with van der Waals surface area (Å²) in [4.78, 5) is 14.3. The van der Waals surface area contributed by atoms with Gasteiger partial charge in [-0.3, -0.25) is 4.79 Å². The predicted octanol–water partition coefficient (Wildman–Crippen LogP) is 2.47. The number of hydrogen-bond acceptors (Lipinski definition) is 4. The number of nitrogens with one attached hydrogen (secondary N) is 1. The number of rotatable bonds is 7. The van der Waals surface area contributed by atoms with Crippen molar-refractivity contribution in [3.8, 4) is 0 Å². The SMILES string of the molecule is COCC(N)C(=O)Nc1ccc(CCN2CCCCC2)cc1.Cl.Cl. The zero-order chi connectivity index (χ0) is 15.8. The van der Waals surface area contributed by atoms with Crippen molar-refractivity contribution in [2.45, 2.75) is 31.7 Å². The van der Waals surface area contributed by atoms with Gasteiger partial charge in [0, 0.05) is 19.3 Å². The van der Waals surface area contributed by atoms with Crippen LogP contribution in [0.1, 0.15) is 24.8 Å². The molecule has 138 valence electrons. The number of amides is 1. The summed E-state index contributed by atoms with van der Waals surface area (Å²) in [5, 5.41) is 2.80. The van der Waals surface area contributed by atoms with Crippen LogP contribution < -0.4 is 11.1 Å². The van der Waals surface area contributed by atoms with E-state index in [0.717, 1.165) is 18.7 Å². The van der Waals surface area contributed by atoms with E-state index in [1.807, 2.05) is 12.1 Å². The van der Waals surface area contributed by atoms with Crippen LogP contribution in [-0.4, -0.2) is 50.2 Å². The lowest BCUT2D eigenvalue weighted by Gasteiger charge is -2.26. The Morgan fingerprint density at radius 3 is 2.42 bits per heavy atom. The molecule has 1 unspecified atom stereocenters. The van der Waals surface area contributed by atoms with Crippen LogP contribution in [0, 0.1) is 0 Å². The number of likely N-dealkylation sites (tertiary alicyclic amines) is 1. The fraction of sp³-hybridized carbons (Fsp3) is 0.588. The first-order chi connectivity index (χ1) is 10.7. The summed E-state index contributed by atoms with van der Waals surface area (Å²) in [7, 11) is 1.53. The van der Waals surface area contributed by atoms with Gasteiger partial charge in [0.25, 0.3) is 0 Å². The third-order valence-electron chi connectivity index (χ3n) is 4.07. The standard InChI is InChI=1S/C17H27N3O2.2ClH/c1-22-13-16(18)17(21)19-15-7-5-14(6-8-15)9-12-20-10-3-2-4-11-20;;/h5-8,16H,2-4,9-13,18H2,1H3,(H,19,21);2*1H. The van der Waals surface area contributed by atoms with Gasteiger partial charge in [0.15, 0.2) is 0 Å². The molecule has 24 heavy (non-hydrogen) atoms. The van der Waals surface area contributed by atoms with E-state index in [2.05, 4.69) is 22.3 Å². The molecule has 1 fully saturated rings. The highest BCUT2D eigenvalue weighted by atomic mass is 35.5. The molecule has 0 spiro atoms. The van der Waals surface area contributed by atoms with E-state index in [1.165, 1.54) is 45.0 Å². The number of anilines is 1. The zero-order valence-electron chi connectivity index (χ0n) is 14.2. The van der Waals surface area contributed by atoms with Crippen LogP contribution in [0.2, 0.25) is 0 Å². The first-order valence-corrected chi connectivity index (χ1v) is 8.05. The smallest absolute Gasteiger partial charge is 0.243 e. The molecule has 3 N–H and O–H groups in total. The molecular weight excluding hydrogens is 349 g/mol. The van der Waals surface area contributed by atoms with Gasteiger partial charge < -0.3 is 20.7 Å². The molecule has 0 saturated carbocycles. The number of benzene rings is 1. The molecule has 2 rings (SSSR count). The number of nitrogens with two attached hydrogens (primary N) is 1. The first-order valence-electron chi connectivity index (χ1n) is 8.05. The van der Waals surface area contributed by atoms with Crippen LogP contribution in [0.25, 0.3) is 0 Å². The lowest BCUT2D eigenvalue weighted by molar-refractivity contribution is -0.118. The maximum absolute atomic E-state index is 11.8. The lowest BCUT2D eigenvalue weighted by Crippen LogP contribution is -2.39. The molecule has 1 aliphatic rings. The van der Waals surface area contributed by atoms with Gasteiger partial charge in [-0.2, -0.15) is 0 Å². The molecule has 1 aromatic carbocycles. The normalized spacial score (nSPS) is 15.8. The van der Waals surface area contributed by atoms with E-state index in [4.69, 9.17) is 10.5 Å². The molecule has 1 amide bonds. The molecule has 1 saturated heterocycles. The highest BCUT2D eigenvalue weighted by Gasteiger charge is 2.13. The molecule has 0 aliphatic carbocycles. The maximum Gasteiger partial charge on any atom is 0.243 e. The summed E-state index contributed by atoms with van der Waals surface area (Å²) >= 11 is 0. The minimum absolute atomic E-state index is 0. The highest BCUT2D eigenvalue weighted by molar-refractivity contribution is 5.94. The second kappa shape index (κ2) is 12.5. The van der Waals surface area contributed by atoms with Crippen molar-refractivity contribution in [1.29, 1.82) is 0 Å². The van der Waals surface area contributed by atoms with Gasteiger partial charge in [0.05, 0.1) is 6.61 Å². The second-order valence-corrected chi connectivity index (χ2v) is 5.90. The Hall–Kier alpha value is -0.850. The van der Waals surface area contributed by atoms with E-state index < -0.39 is 6.04 Å². The molecule has 1 aromatic rings. The Balaban J connectivity index is 0.00000264. The summed E-state index contributed by atoms with van der Waals surface area (Å²) in [6.45, 7) is 3.79. The molecule has 1 atom stereocenters. The average Bonchev–Trinajstić information content (AvgIpc) is 2.55. The van der Waals surface area contributed by atoms with Crippen LogP contribution in [0.4, 0.5) is 5.69 Å². The van der Waals surface area contributed by atoms with E-state index >= 15 is 0 Å². The molecule has 1 heterocycles. The molecule has 1 aliphatic heterocycles. The number of carbonyl (C=O) groups excluding carboxylic acids is 1. The second-order valence-electron chi connectivity index (χ2n) is 5.90. The van der Waals surface area contributed by atoms with Crippen molar-refractivity contribution in [3.63, 3.8) is 0 Å². The van der Waals surface area contributed by atoms with Crippen molar-refractivity contribution >= 4 is 36.4 Å². The van der Waals surface area contributed by atoms with Crippen LogP contribution in [0.15, 0.2) is 24.3 Å². The quantitative estimate of drug-likeness (QED) is 0.765. The number of methoxy groups -OCH3 is 1. The number of nitrogens with zero attached hydrogens (tertiary/aromatic N) is 1. The molecule has 5 nitrogen and oxygen atoms in total. The van der Waals surface area contributed by atoms with Crippen LogP contribution in [0.3, 0.4) is 0 Å². The van der Waals surface area contributed by atoms with Crippen molar-refractivity contribution < 1.29 is 9.53 Å². The van der Waals surface area contributed by atoms with E-state index in [0.29, 0.717) is 0 Å². The molecule has 0 radical (unpaired) electrons. The molecule has 7 heteroatoms. The molecule has 0 bridgehead atoms. The van der Waals surface area contributed by atoms with Gasteiger partial charge in [-0.1, -0.05) is 18.6 Å². The maximum atomic E-state index is 11.8. The Morgan fingerprint density at radius 2 is 1.83 bits per heavy atom. The Morgan fingerprint density at radius 1 is 1.21 bits per heavy atom. The summed E-state index contributed by atoms with van der Waals surface area (Å²) < 4.78 is 4.88. The average molecular weight is 378 g/mol. The summed E-state index contributed by atoms with van der Waals surface area (Å²) in [5.41, 5.74) is 7.77. The van der Waals surface area contributed by atoms with Gasteiger partial charge in [0.2, 0.25) is 5.91 Å². The number of ether oxygens (including phenoxy) is 1. The summed E-state index contributed by atoms with van der Waals surface area (Å²) in [5.74, 6) is -0.220. The predicted molar refractivity (Wildman–Crippen MR) is 103 cm³/mol. The molecule has 0 aromatic heterocycles. The lowest BCUT2D eigenvalue weighted by atomic mass is 10.1. The van der Waals surface area contributed by atoms with Gasteiger partial charge >= 0.3 is 0 Å². The monoisotopic (exact) mass is 377 g/mol.